The lowest BCUT2D eigenvalue weighted by Crippen LogP contribution is -2.38. The zero-order valence-corrected chi connectivity index (χ0v) is 18.6. The molecule has 2 aromatic carbocycles. The van der Waals surface area contributed by atoms with E-state index >= 15 is 0 Å². The molecule has 5 nitrogen and oxygen atoms in total. The molecule has 0 spiro atoms. The standard InChI is InChI=1S/C24H27FN4OS/c1-16(12-13-18-8-4-3-5-9-18)26-23(30)17(2)31-24-28-27-22(29(24)19-14-15-19)20-10-6-7-11-21(20)25/h3-11,16-17,19H,12-15H2,1-2H3,(H,26,30)/t16-,17-/m0/s1. The van der Waals surface area contributed by atoms with Crippen LogP contribution in [0.4, 0.5) is 4.39 Å². The van der Waals surface area contributed by atoms with Crippen LogP contribution in [0.25, 0.3) is 11.4 Å². The average Bonchev–Trinajstić information content (AvgIpc) is 3.53. The average molecular weight is 439 g/mol. The van der Waals surface area contributed by atoms with Crippen molar-refractivity contribution in [3.8, 4) is 11.4 Å². The second kappa shape index (κ2) is 9.64. The highest BCUT2D eigenvalue weighted by atomic mass is 32.2. The number of benzene rings is 2. The zero-order valence-electron chi connectivity index (χ0n) is 17.8. The lowest BCUT2D eigenvalue weighted by atomic mass is 10.1. The van der Waals surface area contributed by atoms with Gasteiger partial charge in [0.1, 0.15) is 5.82 Å². The number of rotatable bonds is 9. The van der Waals surface area contributed by atoms with E-state index in [-0.39, 0.29) is 29.1 Å². The predicted octanol–water partition coefficient (Wildman–Crippen LogP) is 5.04. The Bertz CT molecular complexity index is 1040. The maximum Gasteiger partial charge on any atom is 0.233 e. The van der Waals surface area contributed by atoms with Crippen LogP contribution in [-0.2, 0) is 11.2 Å². The molecular formula is C24H27FN4OS. The van der Waals surface area contributed by atoms with E-state index in [2.05, 4.69) is 27.6 Å². The van der Waals surface area contributed by atoms with Gasteiger partial charge in [-0.3, -0.25) is 9.36 Å². The summed E-state index contributed by atoms with van der Waals surface area (Å²) in [5, 5.41) is 12.0. The minimum atomic E-state index is -0.325. The molecule has 1 saturated carbocycles. The molecule has 1 heterocycles. The number of carbonyl (C=O) groups is 1. The molecule has 0 aliphatic heterocycles. The van der Waals surface area contributed by atoms with Crippen molar-refractivity contribution in [3.63, 3.8) is 0 Å². The van der Waals surface area contributed by atoms with Gasteiger partial charge in [0.2, 0.25) is 5.91 Å². The third-order valence-corrected chi connectivity index (χ3v) is 6.50. The molecule has 0 bridgehead atoms. The van der Waals surface area contributed by atoms with Gasteiger partial charge in [-0.05, 0) is 57.2 Å². The Morgan fingerprint density at radius 2 is 1.84 bits per heavy atom. The lowest BCUT2D eigenvalue weighted by molar-refractivity contribution is -0.120. The number of aromatic nitrogens is 3. The fourth-order valence-electron chi connectivity index (χ4n) is 3.52. The Balaban J connectivity index is 1.39. The smallest absolute Gasteiger partial charge is 0.233 e. The molecule has 1 fully saturated rings. The minimum Gasteiger partial charge on any atom is -0.353 e. The van der Waals surface area contributed by atoms with E-state index < -0.39 is 0 Å². The van der Waals surface area contributed by atoms with Crippen LogP contribution in [0.3, 0.4) is 0 Å². The molecule has 31 heavy (non-hydrogen) atoms. The summed E-state index contributed by atoms with van der Waals surface area (Å²) in [4.78, 5) is 12.7. The van der Waals surface area contributed by atoms with Gasteiger partial charge in [0.05, 0.1) is 10.8 Å². The number of amides is 1. The quantitative estimate of drug-likeness (QED) is 0.476. The molecule has 3 aromatic rings. The Morgan fingerprint density at radius 1 is 1.13 bits per heavy atom. The summed E-state index contributed by atoms with van der Waals surface area (Å²) in [7, 11) is 0. The number of aryl methyl sites for hydroxylation is 1. The number of nitrogens with zero attached hydrogens (tertiary/aromatic N) is 3. The lowest BCUT2D eigenvalue weighted by Gasteiger charge is -2.17. The fourth-order valence-corrected chi connectivity index (χ4v) is 4.45. The van der Waals surface area contributed by atoms with Crippen molar-refractivity contribution in [3.05, 3.63) is 66.0 Å². The van der Waals surface area contributed by atoms with E-state index in [1.54, 1.807) is 18.2 Å². The molecule has 0 unspecified atom stereocenters. The van der Waals surface area contributed by atoms with Gasteiger partial charge in [-0.1, -0.05) is 54.2 Å². The molecule has 1 aliphatic rings. The minimum absolute atomic E-state index is 0.0247. The second-order valence-electron chi connectivity index (χ2n) is 8.08. The number of halogens is 1. The van der Waals surface area contributed by atoms with E-state index in [1.807, 2.05) is 36.6 Å². The van der Waals surface area contributed by atoms with Gasteiger partial charge in [0.25, 0.3) is 0 Å². The van der Waals surface area contributed by atoms with Gasteiger partial charge in [0, 0.05) is 12.1 Å². The largest absolute Gasteiger partial charge is 0.353 e. The first-order valence-corrected chi connectivity index (χ1v) is 11.6. The first-order valence-electron chi connectivity index (χ1n) is 10.7. The third kappa shape index (κ3) is 5.34. The van der Waals surface area contributed by atoms with Gasteiger partial charge < -0.3 is 5.32 Å². The molecule has 0 saturated heterocycles. The van der Waals surface area contributed by atoms with Crippen LogP contribution in [0.2, 0.25) is 0 Å². The van der Waals surface area contributed by atoms with Crippen molar-refractivity contribution in [2.75, 3.05) is 0 Å². The monoisotopic (exact) mass is 438 g/mol. The van der Waals surface area contributed by atoms with E-state index in [1.165, 1.54) is 23.4 Å². The second-order valence-corrected chi connectivity index (χ2v) is 9.39. The summed E-state index contributed by atoms with van der Waals surface area (Å²) in [6, 6.07) is 17.2. The summed E-state index contributed by atoms with van der Waals surface area (Å²) < 4.78 is 16.3. The van der Waals surface area contributed by atoms with E-state index in [4.69, 9.17) is 0 Å². The van der Waals surface area contributed by atoms with Crippen molar-refractivity contribution in [1.29, 1.82) is 0 Å². The summed E-state index contributed by atoms with van der Waals surface area (Å²) in [5.41, 5.74) is 1.71. The molecule has 4 rings (SSSR count). The Labute approximate surface area is 186 Å². The van der Waals surface area contributed by atoms with Gasteiger partial charge >= 0.3 is 0 Å². The fraction of sp³-hybridized carbons (Fsp3) is 0.375. The Hall–Kier alpha value is -2.67. The van der Waals surface area contributed by atoms with Gasteiger partial charge in [-0.2, -0.15) is 0 Å². The summed E-state index contributed by atoms with van der Waals surface area (Å²) in [5.74, 6) is 0.196. The maximum atomic E-state index is 14.3. The van der Waals surface area contributed by atoms with Crippen molar-refractivity contribution >= 4 is 17.7 Å². The number of hydrogen-bond donors (Lipinski definition) is 1. The molecule has 1 N–H and O–H groups in total. The highest BCUT2D eigenvalue weighted by molar-refractivity contribution is 8.00. The number of nitrogens with one attached hydrogen (secondary N) is 1. The van der Waals surface area contributed by atoms with Crippen molar-refractivity contribution < 1.29 is 9.18 Å². The van der Waals surface area contributed by atoms with Crippen LogP contribution in [0.1, 0.15) is 44.7 Å². The molecule has 2 atom stereocenters. The molecule has 1 aliphatic carbocycles. The zero-order chi connectivity index (χ0) is 21.8. The number of hydrogen-bond acceptors (Lipinski definition) is 4. The maximum absolute atomic E-state index is 14.3. The Morgan fingerprint density at radius 3 is 2.55 bits per heavy atom. The Kier molecular flexibility index (Phi) is 6.70. The topological polar surface area (TPSA) is 59.8 Å². The molecular weight excluding hydrogens is 411 g/mol. The molecule has 0 radical (unpaired) electrons. The van der Waals surface area contributed by atoms with Crippen LogP contribution in [0.15, 0.2) is 59.8 Å². The summed E-state index contributed by atoms with van der Waals surface area (Å²) in [6.07, 6.45) is 3.84. The van der Waals surface area contributed by atoms with Crippen molar-refractivity contribution in [2.24, 2.45) is 0 Å². The van der Waals surface area contributed by atoms with Crippen LogP contribution < -0.4 is 5.32 Å². The first kappa shape index (κ1) is 21.6. The number of carbonyl (C=O) groups excluding carboxylic acids is 1. The third-order valence-electron chi connectivity index (χ3n) is 5.44. The predicted molar refractivity (Wildman–Crippen MR) is 121 cm³/mol. The molecule has 7 heteroatoms. The molecule has 162 valence electrons. The SMILES string of the molecule is C[C@H](Sc1nnc(-c2ccccc2F)n1C1CC1)C(=O)N[C@@H](C)CCc1ccccc1. The van der Waals surface area contributed by atoms with Crippen LogP contribution in [0, 0.1) is 5.82 Å². The van der Waals surface area contributed by atoms with Gasteiger partial charge in [0.15, 0.2) is 11.0 Å². The van der Waals surface area contributed by atoms with Crippen LogP contribution in [-0.4, -0.2) is 32.0 Å². The summed E-state index contributed by atoms with van der Waals surface area (Å²) >= 11 is 1.38. The van der Waals surface area contributed by atoms with Crippen molar-refractivity contribution in [1.82, 2.24) is 20.1 Å². The van der Waals surface area contributed by atoms with Crippen LogP contribution >= 0.6 is 11.8 Å². The van der Waals surface area contributed by atoms with Crippen LogP contribution in [0.5, 0.6) is 0 Å². The van der Waals surface area contributed by atoms with E-state index in [0.29, 0.717) is 16.5 Å². The normalized spacial score (nSPS) is 15.5. The molecule has 1 amide bonds. The van der Waals surface area contributed by atoms with Gasteiger partial charge in [-0.25, -0.2) is 4.39 Å². The number of thioether (sulfide) groups is 1. The first-order chi connectivity index (χ1) is 15.0. The van der Waals surface area contributed by atoms with Crippen molar-refractivity contribution in [2.45, 2.75) is 62.0 Å². The highest BCUT2D eigenvalue weighted by Gasteiger charge is 2.32. The molecule has 1 aromatic heterocycles. The summed E-state index contributed by atoms with van der Waals surface area (Å²) in [6.45, 7) is 3.90. The highest BCUT2D eigenvalue weighted by Crippen LogP contribution is 2.42. The van der Waals surface area contributed by atoms with Gasteiger partial charge in [-0.15, -0.1) is 10.2 Å². The van der Waals surface area contributed by atoms with E-state index in [0.717, 1.165) is 25.7 Å². The van der Waals surface area contributed by atoms with E-state index in [9.17, 15) is 9.18 Å².